The van der Waals surface area contributed by atoms with Gasteiger partial charge < -0.3 is 15.0 Å². The van der Waals surface area contributed by atoms with Crippen molar-refractivity contribution in [3.05, 3.63) is 54.2 Å². The van der Waals surface area contributed by atoms with Crippen LogP contribution in [0.5, 0.6) is 5.88 Å². The van der Waals surface area contributed by atoms with Crippen molar-refractivity contribution in [3.63, 3.8) is 0 Å². The molecular weight excluding hydrogens is 318 g/mol. The van der Waals surface area contributed by atoms with Crippen molar-refractivity contribution in [2.24, 2.45) is 5.92 Å². The monoisotopic (exact) mass is 339 g/mol. The maximum Gasteiger partial charge on any atom is 0.237 e. The van der Waals surface area contributed by atoms with Crippen LogP contribution in [0.15, 0.2) is 48.7 Å². The Bertz CT molecular complexity index is 764. The zero-order chi connectivity index (χ0) is 17.8. The van der Waals surface area contributed by atoms with Crippen LogP contribution >= 0.6 is 0 Å². The van der Waals surface area contributed by atoms with Gasteiger partial charge in [-0.25, -0.2) is 4.98 Å². The highest BCUT2D eigenvalue weighted by atomic mass is 16.5. The average Bonchev–Trinajstić information content (AvgIpc) is 3.04. The van der Waals surface area contributed by atoms with Gasteiger partial charge in [-0.05, 0) is 24.6 Å². The van der Waals surface area contributed by atoms with Crippen LogP contribution in [0.3, 0.4) is 0 Å². The van der Waals surface area contributed by atoms with Crippen molar-refractivity contribution >= 4 is 17.5 Å². The van der Waals surface area contributed by atoms with E-state index in [-0.39, 0.29) is 30.2 Å². The minimum Gasteiger partial charge on any atom is -0.480 e. The van der Waals surface area contributed by atoms with Crippen molar-refractivity contribution in [1.82, 2.24) is 9.88 Å². The third-order valence-corrected chi connectivity index (χ3v) is 4.50. The molecule has 0 saturated carbocycles. The van der Waals surface area contributed by atoms with Crippen LogP contribution in [0.25, 0.3) is 0 Å². The molecule has 1 aliphatic rings. The largest absolute Gasteiger partial charge is 0.480 e. The molecule has 2 atom stereocenters. The molecule has 6 heteroatoms. The number of methoxy groups -OCH3 is 1. The van der Waals surface area contributed by atoms with Crippen LogP contribution in [0.4, 0.5) is 5.69 Å². The van der Waals surface area contributed by atoms with Gasteiger partial charge in [-0.3, -0.25) is 9.59 Å². The number of nitrogens with zero attached hydrogens (tertiary/aromatic N) is 2. The van der Waals surface area contributed by atoms with Gasteiger partial charge in [-0.15, -0.1) is 0 Å². The van der Waals surface area contributed by atoms with Gasteiger partial charge in [0.05, 0.1) is 19.1 Å². The van der Waals surface area contributed by atoms with Gasteiger partial charge in [-0.2, -0.15) is 0 Å². The highest BCUT2D eigenvalue weighted by Gasteiger charge is 2.37. The number of hydrogen-bond acceptors (Lipinski definition) is 4. The molecule has 1 N–H and O–H groups in total. The number of carbonyl (C=O) groups excluding carboxylic acids is 2. The Hall–Kier alpha value is -2.89. The number of pyridine rings is 1. The molecule has 2 amide bonds. The SMILES string of the molecule is COc1ncccc1NC(=O)[C@@H]1CC(=O)N([C@@H](C)c2ccccc2)C1. The summed E-state index contributed by atoms with van der Waals surface area (Å²) in [7, 11) is 1.50. The summed E-state index contributed by atoms with van der Waals surface area (Å²) < 4.78 is 5.14. The van der Waals surface area contributed by atoms with E-state index < -0.39 is 0 Å². The highest BCUT2D eigenvalue weighted by Crippen LogP contribution is 2.29. The number of benzene rings is 1. The number of ether oxygens (including phenoxy) is 1. The first kappa shape index (κ1) is 17.0. The lowest BCUT2D eigenvalue weighted by atomic mass is 10.1. The quantitative estimate of drug-likeness (QED) is 0.909. The Kier molecular flexibility index (Phi) is 4.97. The average molecular weight is 339 g/mol. The molecule has 1 aliphatic heterocycles. The van der Waals surface area contributed by atoms with Gasteiger partial charge in [-0.1, -0.05) is 30.3 Å². The normalized spacial score (nSPS) is 18.1. The van der Waals surface area contributed by atoms with E-state index in [9.17, 15) is 9.59 Å². The van der Waals surface area contributed by atoms with Gasteiger partial charge >= 0.3 is 0 Å². The highest BCUT2D eigenvalue weighted by molar-refractivity contribution is 5.98. The van der Waals surface area contributed by atoms with Crippen molar-refractivity contribution < 1.29 is 14.3 Å². The lowest BCUT2D eigenvalue weighted by molar-refractivity contribution is -0.129. The zero-order valence-corrected chi connectivity index (χ0v) is 14.3. The second-order valence-electron chi connectivity index (χ2n) is 6.08. The first-order valence-corrected chi connectivity index (χ1v) is 8.24. The standard InChI is InChI=1S/C19H21N3O3/c1-13(14-7-4-3-5-8-14)22-12-15(11-17(22)23)18(24)21-16-9-6-10-20-19(16)25-2/h3-10,13,15H,11-12H2,1-2H3,(H,21,24)/t13-,15+/m0/s1. The fourth-order valence-corrected chi connectivity index (χ4v) is 3.08. The number of carbonyl (C=O) groups is 2. The van der Waals surface area contributed by atoms with E-state index in [1.165, 1.54) is 7.11 Å². The smallest absolute Gasteiger partial charge is 0.237 e. The summed E-state index contributed by atoms with van der Waals surface area (Å²) in [5, 5.41) is 2.82. The minimum atomic E-state index is -0.386. The molecule has 2 heterocycles. The van der Waals surface area contributed by atoms with Crippen LogP contribution in [-0.2, 0) is 9.59 Å². The third kappa shape index (κ3) is 3.63. The summed E-state index contributed by atoms with van der Waals surface area (Å²) in [5.41, 5.74) is 1.57. The van der Waals surface area contributed by atoms with E-state index in [1.54, 1.807) is 23.2 Å². The number of likely N-dealkylation sites (tertiary alicyclic amines) is 1. The lowest BCUT2D eigenvalue weighted by Crippen LogP contribution is -2.30. The zero-order valence-electron chi connectivity index (χ0n) is 14.3. The first-order chi connectivity index (χ1) is 12.1. The van der Waals surface area contributed by atoms with E-state index in [2.05, 4.69) is 10.3 Å². The molecule has 1 saturated heterocycles. The third-order valence-electron chi connectivity index (χ3n) is 4.50. The van der Waals surface area contributed by atoms with Crippen molar-refractivity contribution in [1.29, 1.82) is 0 Å². The van der Waals surface area contributed by atoms with Crippen LogP contribution in [-0.4, -0.2) is 35.4 Å². The molecule has 2 aromatic rings. The maximum absolute atomic E-state index is 12.6. The predicted octanol–water partition coefficient (Wildman–Crippen LogP) is 2.64. The minimum absolute atomic E-state index is 0.00495. The summed E-state index contributed by atoms with van der Waals surface area (Å²) in [5.74, 6) is -0.227. The maximum atomic E-state index is 12.6. The van der Waals surface area contributed by atoms with E-state index in [0.29, 0.717) is 18.1 Å². The van der Waals surface area contributed by atoms with Crippen molar-refractivity contribution in [2.45, 2.75) is 19.4 Å². The second-order valence-corrected chi connectivity index (χ2v) is 6.08. The fraction of sp³-hybridized carbons (Fsp3) is 0.316. The Morgan fingerprint density at radius 3 is 2.76 bits per heavy atom. The summed E-state index contributed by atoms with van der Waals surface area (Å²) in [6, 6.07) is 13.2. The lowest BCUT2D eigenvalue weighted by Gasteiger charge is -2.25. The molecule has 0 radical (unpaired) electrons. The first-order valence-electron chi connectivity index (χ1n) is 8.24. The topological polar surface area (TPSA) is 71.5 Å². The number of amides is 2. The molecule has 1 aromatic carbocycles. The van der Waals surface area contributed by atoms with Crippen LogP contribution < -0.4 is 10.1 Å². The van der Waals surface area contributed by atoms with Crippen LogP contribution in [0.2, 0.25) is 0 Å². The molecule has 3 rings (SSSR count). The van der Waals surface area contributed by atoms with Gasteiger partial charge in [0.25, 0.3) is 0 Å². The van der Waals surface area contributed by atoms with E-state index in [4.69, 9.17) is 4.74 Å². The van der Waals surface area contributed by atoms with Crippen molar-refractivity contribution in [2.75, 3.05) is 19.0 Å². The molecule has 0 bridgehead atoms. The molecule has 6 nitrogen and oxygen atoms in total. The van der Waals surface area contributed by atoms with E-state index >= 15 is 0 Å². The molecule has 1 fully saturated rings. The van der Waals surface area contributed by atoms with Crippen LogP contribution in [0, 0.1) is 5.92 Å². The Balaban J connectivity index is 1.68. The number of aromatic nitrogens is 1. The molecular formula is C19H21N3O3. The van der Waals surface area contributed by atoms with Gasteiger partial charge in [0.2, 0.25) is 17.7 Å². The summed E-state index contributed by atoms with van der Waals surface area (Å²) in [6.45, 7) is 2.39. The van der Waals surface area contributed by atoms with Crippen molar-refractivity contribution in [3.8, 4) is 5.88 Å². The van der Waals surface area contributed by atoms with Gasteiger partial charge in [0.15, 0.2) is 0 Å². The molecule has 0 unspecified atom stereocenters. The number of rotatable bonds is 5. The molecule has 1 aromatic heterocycles. The number of anilines is 1. The fourth-order valence-electron chi connectivity index (χ4n) is 3.08. The molecule has 0 spiro atoms. The Morgan fingerprint density at radius 1 is 1.28 bits per heavy atom. The van der Waals surface area contributed by atoms with Crippen LogP contribution in [0.1, 0.15) is 24.9 Å². The molecule has 25 heavy (non-hydrogen) atoms. The summed E-state index contributed by atoms with van der Waals surface area (Å²) in [4.78, 5) is 30.8. The predicted molar refractivity (Wildman–Crippen MR) is 94.1 cm³/mol. The van der Waals surface area contributed by atoms with Gasteiger partial charge in [0.1, 0.15) is 5.69 Å². The summed E-state index contributed by atoms with van der Waals surface area (Å²) in [6.07, 6.45) is 1.81. The molecule has 0 aliphatic carbocycles. The second kappa shape index (κ2) is 7.34. The Morgan fingerprint density at radius 2 is 2.04 bits per heavy atom. The number of nitrogens with one attached hydrogen (secondary N) is 1. The summed E-state index contributed by atoms with van der Waals surface area (Å²) >= 11 is 0. The van der Waals surface area contributed by atoms with Gasteiger partial charge in [0, 0.05) is 19.2 Å². The van der Waals surface area contributed by atoms with E-state index in [1.807, 2.05) is 37.3 Å². The molecule has 130 valence electrons. The number of hydrogen-bond donors (Lipinski definition) is 1. The van der Waals surface area contributed by atoms with E-state index in [0.717, 1.165) is 5.56 Å². The Labute approximate surface area is 146 Å².